The van der Waals surface area contributed by atoms with E-state index < -0.39 is 17.5 Å². The normalized spacial score (nSPS) is 11.0. The average Bonchev–Trinajstić information content (AvgIpc) is 3.26. The molecule has 0 aliphatic heterocycles. The number of hydrogen-bond acceptors (Lipinski definition) is 4. The van der Waals surface area contributed by atoms with E-state index >= 15 is 0 Å². The quantitative estimate of drug-likeness (QED) is 0.563. The second-order valence-electron chi connectivity index (χ2n) is 5.56. The molecule has 7 heteroatoms. The van der Waals surface area contributed by atoms with E-state index in [1.807, 2.05) is 24.3 Å². The van der Waals surface area contributed by atoms with Crippen LogP contribution in [0, 0.1) is 11.6 Å². The molecule has 0 spiro atoms. The van der Waals surface area contributed by atoms with Crippen LogP contribution >= 0.6 is 11.3 Å². The lowest BCUT2D eigenvalue weighted by atomic mass is 10.2. The molecule has 130 valence electrons. The molecular weight excluding hydrogens is 358 g/mol. The Hall–Kier alpha value is -3.06. The summed E-state index contributed by atoms with van der Waals surface area (Å²) in [4.78, 5) is 16.5. The molecule has 1 amide bonds. The number of halogens is 2. The molecule has 4 aromatic rings. The van der Waals surface area contributed by atoms with Crippen LogP contribution in [0.5, 0.6) is 0 Å². The Labute approximate surface area is 151 Å². The Bertz CT molecular complexity index is 1070. The van der Waals surface area contributed by atoms with Crippen LogP contribution in [0.2, 0.25) is 0 Å². The van der Waals surface area contributed by atoms with Crippen molar-refractivity contribution in [2.75, 3.05) is 0 Å². The summed E-state index contributed by atoms with van der Waals surface area (Å²) in [5.74, 6) is -1.17. The molecule has 2 aromatic heterocycles. The molecule has 0 aliphatic rings. The van der Waals surface area contributed by atoms with E-state index in [2.05, 4.69) is 10.3 Å². The zero-order valence-electron chi connectivity index (χ0n) is 13.3. The average molecular weight is 370 g/mol. The minimum absolute atomic E-state index is 0.0839. The number of thiazole rings is 1. The summed E-state index contributed by atoms with van der Waals surface area (Å²) >= 11 is 1.51. The first-order valence-corrected chi connectivity index (χ1v) is 8.60. The number of benzene rings is 2. The van der Waals surface area contributed by atoms with Crippen LogP contribution in [0.3, 0.4) is 0 Å². The zero-order valence-corrected chi connectivity index (χ0v) is 14.1. The molecule has 0 aliphatic carbocycles. The molecule has 0 atom stereocenters. The maximum Gasteiger partial charge on any atom is 0.254 e. The summed E-state index contributed by atoms with van der Waals surface area (Å²) < 4.78 is 33.3. The van der Waals surface area contributed by atoms with Crippen molar-refractivity contribution in [1.29, 1.82) is 0 Å². The molecule has 0 fully saturated rings. The lowest BCUT2D eigenvalue weighted by Crippen LogP contribution is -2.23. The second-order valence-corrected chi connectivity index (χ2v) is 6.59. The molecular formula is C19H12F2N2O2S. The SMILES string of the molecule is O=C(NCc1ccc(-c2nc3ccccc3s2)o1)c1ccc(F)cc1F. The molecule has 26 heavy (non-hydrogen) atoms. The van der Waals surface area contributed by atoms with Crippen LogP contribution in [-0.2, 0) is 6.54 Å². The van der Waals surface area contributed by atoms with Crippen LogP contribution in [0.4, 0.5) is 8.78 Å². The van der Waals surface area contributed by atoms with Crippen molar-refractivity contribution in [3.8, 4) is 10.8 Å². The minimum Gasteiger partial charge on any atom is -0.457 e. The number of nitrogens with zero attached hydrogens (tertiary/aromatic N) is 1. The molecule has 0 saturated carbocycles. The highest BCUT2D eigenvalue weighted by molar-refractivity contribution is 7.21. The molecule has 2 heterocycles. The Kier molecular flexibility index (Phi) is 4.22. The number of para-hydroxylation sites is 1. The standard InChI is InChI=1S/C19H12F2N2O2S/c20-11-5-7-13(14(21)9-11)18(24)22-10-12-6-8-16(25-12)19-23-15-3-1-2-4-17(15)26-19/h1-9H,10H2,(H,22,24). The van der Waals surface area contributed by atoms with Gasteiger partial charge in [0.1, 0.15) is 17.4 Å². The second kappa shape index (κ2) is 6.68. The fourth-order valence-electron chi connectivity index (χ4n) is 2.50. The van der Waals surface area contributed by atoms with Crippen molar-refractivity contribution in [1.82, 2.24) is 10.3 Å². The third-order valence-corrected chi connectivity index (χ3v) is 4.82. The first kappa shape index (κ1) is 16.4. The van der Waals surface area contributed by atoms with Gasteiger partial charge in [-0.2, -0.15) is 0 Å². The van der Waals surface area contributed by atoms with E-state index in [1.54, 1.807) is 12.1 Å². The van der Waals surface area contributed by atoms with E-state index in [-0.39, 0.29) is 12.1 Å². The number of furan rings is 1. The molecule has 0 radical (unpaired) electrons. The van der Waals surface area contributed by atoms with E-state index in [4.69, 9.17) is 4.42 Å². The van der Waals surface area contributed by atoms with Gasteiger partial charge in [-0.15, -0.1) is 11.3 Å². The van der Waals surface area contributed by atoms with Crippen molar-refractivity contribution in [3.05, 3.63) is 77.6 Å². The van der Waals surface area contributed by atoms with Gasteiger partial charge in [0.25, 0.3) is 5.91 Å². The molecule has 1 N–H and O–H groups in total. The molecule has 4 nitrogen and oxygen atoms in total. The van der Waals surface area contributed by atoms with Crippen molar-refractivity contribution < 1.29 is 18.0 Å². The summed E-state index contributed by atoms with van der Waals surface area (Å²) in [6.45, 7) is 0.0839. The zero-order chi connectivity index (χ0) is 18.1. The summed E-state index contributed by atoms with van der Waals surface area (Å²) in [5, 5.41) is 3.30. The van der Waals surface area contributed by atoms with E-state index in [9.17, 15) is 13.6 Å². The smallest absolute Gasteiger partial charge is 0.254 e. The summed E-state index contributed by atoms with van der Waals surface area (Å²) in [5.41, 5.74) is 0.676. The number of carbonyl (C=O) groups excluding carboxylic acids is 1. The highest BCUT2D eigenvalue weighted by atomic mass is 32.1. The van der Waals surface area contributed by atoms with Crippen LogP contribution in [0.15, 0.2) is 59.0 Å². The number of aromatic nitrogens is 1. The van der Waals surface area contributed by atoms with Gasteiger partial charge in [0.2, 0.25) is 0 Å². The summed E-state index contributed by atoms with van der Waals surface area (Å²) in [7, 11) is 0. The number of nitrogens with one attached hydrogen (secondary N) is 1. The van der Waals surface area contributed by atoms with Gasteiger partial charge in [0.15, 0.2) is 10.8 Å². The third-order valence-electron chi connectivity index (χ3n) is 3.77. The Morgan fingerprint density at radius 1 is 1.12 bits per heavy atom. The lowest BCUT2D eigenvalue weighted by molar-refractivity contribution is 0.0944. The molecule has 4 rings (SSSR count). The Balaban J connectivity index is 1.47. The summed E-state index contributed by atoms with van der Waals surface area (Å²) in [6, 6.07) is 14.1. The van der Waals surface area contributed by atoms with Gasteiger partial charge in [0.05, 0.1) is 22.3 Å². The van der Waals surface area contributed by atoms with Crippen LogP contribution < -0.4 is 5.32 Å². The van der Waals surface area contributed by atoms with Gasteiger partial charge < -0.3 is 9.73 Å². The predicted octanol–water partition coefficient (Wildman–Crippen LogP) is 4.76. The lowest BCUT2D eigenvalue weighted by Gasteiger charge is -2.04. The van der Waals surface area contributed by atoms with E-state index in [0.29, 0.717) is 17.6 Å². The third kappa shape index (κ3) is 3.21. The first-order valence-electron chi connectivity index (χ1n) is 7.78. The van der Waals surface area contributed by atoms with Crippen molar-refractivity contribution in [3.63, 3.8) is 0 Å². The molecule has 0 bridgehead atoms. The highest BCUT2D eigenvalue weighted by Gasteiger charge is 2.14. The van der Waals surface area contributed by atoms with Crippen molar-refractivity contribution in [2.45, 2.75) is 6.54 Å². The minimum atomic E-state index is -0.905. The topological polar surface area (TPSA) is 55.1 Å². The van der Waals surface area contributed by atoms with Crippen LogP contribution in [0.1, 0.15) is 16.1 Å². The number of hydrogen-bond donors (Lipinski definition) is 1. The largest absolute Gasteiger partial charge is 0.457 e. The number of rotatable bonds is 4. The fourth-order valence-corrected chi connectivity index (χ4v) is 3.43. The maximum atomic E-state index is 13.6. The van der Waals surface area contributed by atoms with Crippen LogP contribution in [-0.4, -0.2) is 10.9 Å². The van der Waals surface area contributed by atoms with Gasteiger partial charge >= 0.3 is 0 Å². The number of carbonyl (C=O) groups is 1. The van der Waals surface area contributed by atoms with Gasteiger partial charge in [-0.05, 0) is 36.4 Å². The highest BCUT2D eigenvalue weighted by Crippen LogP contribution is 2.31. The predicted molar refractivity (Wildman–Crippen MR) is 94.9 cm³/mol. The molecule has 0 unspecified atom stereocenters. The van der Waals surface area contributed by atoms with Gasteiger partial charge in [-0.25, -0.2) is 13.8 Å². The van der Waals surface area contributed by atoms with Crippen LogP contribution in [0.25, 0.3) is 21.0 Å². The molecule has 2 aromatic carbocycles. The monoisotopic (exact) mass is 370 g/mol. The first-order chi connectivity index (χ1) is 12.6. The van der Waals surface area contributed by atoms with E-state index in [1.165, 1.54) is 11.3 Å². The Morgan fingerprint density at radius 3 is 2.77 bits per heavy atom. The fraction of sp³-hybridized carbons (Fsp3) is 0.0526. The van der Waals surface area contributed by atoms with Crippen molar-refractivity contribution in [2.24, 2.45) is 0 Å². The number of fused-ring (bicyclic) bond motifs is 1. The Morgan fingerprint density at radius 2 is 1.96 bits per heavy atom. The van der Waals surface area contributed by atoms with Crippen molar-refractivity contribution >= 4 is 27.5 Å². The van der Waals surface area contributed by atoms with Gasteiger partial charge in [-0.1, -0.05) is 12.1 Å². The number of amides is 1. The summed E-state index contributed by atoms with van der Waals surface area (Å²) in [6.07, 6.45) is 0. The van der Waals surface area contributed by atoms with Gasteiger partial charge in [-0.3, -0.25) is 4.79 Å². The van der Waals surface area contributed by atoms with Gasteiger partial charge in [0, 0.05) is 6.07 Å². The maximum absolute atomic E-state index is 13.6. The molecule has 0 saturated heterocycles. The van der Waals surface area contributed by atoms with E-state index in [0.717, 1.165) is 27.4 Å².